The van der Waals surface area contributed by atoms with Crippen LogP contribution in [0.3, 0.4) is 0 Å². The number of fused-ring (bicyclic) bond motifs is 1. The fourth-order valence-electron chi connectivity index (χ4n) is 4.47. The minimum Gasteiger partial charge on any atom is -0.309 e. The summed E-state index contributed by atoms with van der Waals surface area (Å²) in [4.78, 5) is 40.7. The monoisotopic (exact) mass is 443 g/mol. The molecule has 1 heterocycles. The van der Waals surface area contributed by atoms with Gasteiger partial charge in [0.15, 0.2) is 0 Å². The Morgan fingerprint density at radius 2 is 1.64 bits per heavy atom. The van der Waals surface area contributed by atoms with Crippen molar-refractivity contribution in [1.29, 1.82) is 0 Å². The molecule has 0 unspecified atom stereocenters. The van der Waals surface area contributed by atoms with Crippen molar-refractivity contribution in [3.63, 3.8) is 0 Å². The molecule has 0 N–H and O–H groups in total. The molecule has 0 spiro atoms. The first kappa shape index (κ1) is 22.2. The first-order valence-electron chi connectivity index (χ1n) is 11.0. The van der Waals surface area contributed by atoms with E-state index in [2.05, 4.69) is 0 Å². The number of benzene rings is 3. The second-order valence-corrected chi connectivity index (χ2v) is 8.09. The number of rotatable bonds is 5. The Morgan fingerprint density at radius 3 is 2.27 bits per heavy atom. The highest BCUT2D eigenvalue weighted by Gasteiger charge is 2.38. The SMILES string of the molecule is CCC(=O)N1c2ccccc2[C@@H](N(C(=O)c2ccccc2)c2ccc([N+](=O)[O-])cc2)C[C@@H]1C. The summed E-state index contributed by atoms with van der Waals surface area (Å²) < 4.78 is 0. The summed E-state index contributed by atoms with van der Waals surface area (Å²) in [6.07, 6.45) is 0.927. The summed E-state index contributed by atoms with van der Waals surface area (Å²) in [5.74, 6) is -0.170. The molecule has 168 valence electrons. The van der Waals surface area contributed by atoms with Gasteiger partial charge in [-0.25, -0.2) is 0 Å². The Morgan fingerprint density at radius 1 is 1.00 bits per heavy atom. The van der Waals surface area contributed by atoms with Gasteiger partial charge in [-0.3, -0.25) is 19.7 Å². The van der Waals surface area contributed by atoms with Gasteiger partial charge in [-0.05, 0) is 49.2 Å². The van der Waals surface area contributed by atoms with Crippen LogP contribution in [0.25, 0.3) is 0 Å². The van der Waals surface area contributed by atoms with Gasteiger partial charge in [-0.2, -0.15) is 0 Å². The van der Waals surface area contributed by atoms with Crippen molar-refractivity contribution in [3.05, 3.63) is 100 Å². The smallest absolute Gasteiger partial charge is 0.269 e. The second kappa shape index (κ2) is 9.24. The number of nitro benzene ring substituents is 1. The number of nitrogens with zero attached hydrogens (tertiary/aromatic N) is 3. The van der Waals surface area contributed by atoms with Crippen molar-refractivity contribution < 1.29 is 14.5 Å². The van der Waals surface area contributed by atoms with Crippen LogP contribution in [0.2, 0.25) is 0 Å². The van der Waals surface area contributed by atoms with Gasteiger partial charge >= 0.3 is 0 Å². The summed E-state index contributed by atoms with van der Waals surface area (Å²) in [5, 5.41) is 11.2. The van der Waals surface area contributed by atoms with Crippen LogP contribution < -0.4 is 9.80 Å². The molecule has 0 aromatic heterocycles. The zero-order valence-corrected chi connectivity index (χ0v) is 18.5. The molecule has 7 nitrogen and oxygen atoms in total. The largest absolute Gasteiger partial charge is 0.309 e. The highest BCUT2D eigenvalue weighted by Crippen LogP contribution is 2.43. The first-order chi connectivity index (χ1) is 15.9. The Kier molecular flexibility index (Phi) is 6.22. The van der Waals surface area contributed by atoms with Crippen LogP contribution in [0, 0.1) is 10.1 Å². The lowest BCUT2D eigenvalue weighted by Gasteiger charge is -2.43. The average Bonchev–Trinajstić information content (AvgIpc) is 2.84. The first-order valence-corrected chi connectivity index (χ1v) is 11.0. The van der Waals surface area contributed by atoms with E-state index in [1.165, 1.54) is 12.1 Å². The van der Waals surface area contributed by atoms with Crippen LogP contribution >= 0.6 is 0 Å². The molecule has 0 aliphatic carbocycles. The quantitative estimate of drug-likeness (QED) is 0.384. The van der Waals surface area contributed by atoms with Crippen molar-refractivity contribution in [3.8, 4) is 0 Å². The van der Waals surface area contributed by atoms with E-state index in [0.29, 0.717) is 24.1 Å². The van der Waals surface area contributed by atoms with Crippen molar-refractivity contribution in [2.75, 3.05) is 9.80 Å². The van der Waals surface area contributed by atoms with Gasteiger partial charge < -0.3 is 9.80 Å². The third-order valence-electron chi connectivity index (χ3n) is 6.02. The maximum atomic E-state index is 13.8. The van der Waals surface area contributed by atoms with Gasteiger partial charge in [-0.15, -0.1) is 0 Å². The predicted octanol–water partition coefficient (Wildman–Crippen LogP) is 5.52. The van der Waals surface area contributed by atoms with Gasteiger partial charge in [0.2, 0.25) is 5.91 Å². The van der Waals surface area contributed by atoms with Gasteiger partial charge in [0.1, 0.15) is 0 Å². The summed E-state index contributed by atoms with van der Waals surface area (Å²) in [6.45, 7) is 3.82. The molecular weight excluding hydrogens is 418 g/mol. The van der Waals surface area contributed by atoms with Crippen LogP contribution in [0.1, 0.15) is 48.7 Å². The maximum absolute atomic E-state index is 13.8. The number of anilines is 2. The molecule has 0 saturated heterocycles. The fraction of sp³-hybridized carbons (Fsp3) is 0.231. The molecular formula is C26H25N3O4. The normalized spacial score (nSPS) is 17.2. The predicted molar refractivity (Wildman–Crippen MR) is 127 cm³/mol. The molecule has 0 fully saturated rings. The van der Waals surface area contributed by atoms with Gasteiger partial charge in [0.05, 0.1) is 11.0 Å². The molecule has 2 amide bonds. The van der Waals surface area contributed by atoms with E-state index in [0.717, 1.165) is 11.3 Å². The molecule has 1 aliphatic rings. The minimum absolute atomic E-state index is 0.0321. The molecule has 1 aliphatic heterocycles. The minimum atomic E-state index is -0.459. The zero-order chi connectivity index (χ0) is 23.5. The summed E-state index contributed by atoms with van der Waals surface area (Å²) in [5.41, 5.74) is 2.72. The van der Waals surface area contributed by atoms with Crippen molar-refractivity contribution in [2.24, 2.45) is 0 Å². The number of carbonyl (C=O) groups excluding carboxylic acids is 2. The summed E-state index contributed by atoms with van der Waals surface area (Å²) in [7, 11) is 0. The van der Waals surface area contributed by atoms with Crippen LogP contribution in [-0.4, -0.2) is 22.8 Å². The molecule has 2 atom stereocenters. The highest BCUT2D eigenvalue weighted by atomic mass is 16.6. The van der Waals surface area contributed by atoms with E-state index >= 15 is 0 Å². The lowest BCUT2D eigenvalue weighted by atomic mass is 9.89. The Bertz CT molecular complexity index is 1180. The lowest BCUT2D eigenvalue weighted by Crippen LogP contribution is -2.47. The molecule has 3 aromatic rings. The van der Waals surface area contributed by atoms with E-state index in [9.17, 15) is 19.7 Å². The molecule has 7 heteroatoms. The van der Waals surface area contributed by atoms with Crippen molar-refractivity contribution in [2.45, 2.75) is 38.8 Å². The summed E-state index contributed by atoms with van der Waals surface area (Å²) in [6, 6.07) is 22.2. The number of nitro groups is 1. The van der Waals surface area contributed by atoms with Crippen molar-refractivity contribution in [1.82, 2.24) is 0 Å². The third kappa shape index (κ3) is 4.22. The van der Waals surface area contributed by atoms with Crippen LogP contribution in [-0.2, 0) is 4.79 Å². The van der Waals surface area contributed by atoms with E-state index in [-0.39, 0.29) is 29.6 Å². The molecule has 33 heavy (non-hydrogen) atoms. The topological polar surface area (TPSA) is 83.8 Å². The van der Waals surface area contributed by atoms with Gasteiger partial charge in [-0.1, -0.05) is 43.3 Å². The van der Waals surface area contributed by atoms with Gasteiger partial charge in [0, 0.05) is 41.5 Å². The molecule has 0 saturated carbocycles. The van der Waals surface area contributed by atoms with Crippen molar-refractivity contribution >= 4 is 28.9 Å². The number of amides is 2. The number of hydrogen-bond acceptors (Lipinski definition) is 4. The third-order valence-corrected chi connectivity index (χ3v) is 6.02. The lowest BCUT2D eigenvalue weighted by molar-refractivity contribution is -0.384. The Balaban J connectivity index is 1.85. The fourth-order valence-corrected chi connectivity index (χ4v) is 4.47. The number of carbonyl (C=O) groups is 2. The second-order valence-electron chi connectivity index (χ2n) is 8.09. The number of hydrogen-bond donors (Lipinski definition) is 0. The number of non-ortho nitro benzene ring substituents is 1. The van der Waals surface area contributed by atoms with E-state index in [1.807, 2.05) is 49.1 Å². The summed E-state index contributed by atoms with van der Waals surface area (Å²) >= 11 is 0. The highest BCUT2D eigenvalue weighted by molar-refractivity contribution is 6.07. The molecule has 0 bridgehead atoms. The van der Waals surface area contributed by atoms with E-state index in [4.69, 9.17) is 0 Å². The molecule has 0 radical (unpaired) electrons. The zero-order valence-electron chi connectivity index (χ0n) is 18.5. The number of para-hydroxylation sites is 1. The van der Waals surface area contributed by atoms with Crippen LogP contribution in [0.5, 0.6) is 0 Å². The Hall–Kier alpha value is -4.00. The van der Waals surface area contributed by atoms with Crippen LogP contribution in [0.15, 0.2) is 78.9 Å². The van der Waals surface area contributed by atoms with Gasteiger partial charge in [0.25, 0.3) is 11.6 Å². The maximum Gasteiger partial charge on any atom is 0.269 e. The Labute approximate surface area is 192 Å². The average molecular weight is 444 g/mol. The standard InChI is InChI=1S/C26H25N3O4/c1-3-25(30)27-18(2)17-24(22-11-7-8-12-23(22)27)28(26(31)19-9-5-4-6-10-19)20-13-15-21(16-14-20)29(32)33/h4-16,18,24H,3,17H2,1-2H3/t18-,24-/m0/s1. The molecule has 3 aromatic carbocycles. The van der Waals surface area contributed by atoms with Crippen LogP contribution in [0.4, 0.5) is 17.1 Å². The van der Waals surface area contributed by atoms with E-state index < -0.39 is 4.92 Å². The molecule has 4 rings (SSSR count). The van der Waals surface area contributed by atoms with E-state index in [1.54, 1.807) is 41.3 Å².